The Kier molecular flexibility index (Phi) is 6.31. The van der Waals surface area contributed by atoms with Gasteiger partial charge in [-0.2, -0.15) is 0 Å². The molecule has 4 nitrogen and oxygen atoms in total. The maximum atomic E-state index is 13.7. The molecule has 2 rings (SSSR count). The number of amides is 1. The van der Waals surface area contributed by atoms with Gasteiger partial charge >= 0.3 is 0 Å². The number of aromatic nitrogens is 2. The van der Waals surface area contributed by atoms with Crippen molar-refractivity contribution >= 4 is 52.5 Å². The average Bonchev–Trinajstić information content (AvgIpc) is 2.44. The summed E-state index contributed by atoms with van der Waals surface area (Å²) in [5.41, 5.74) is 1.35. The molecule has 0 bridgehead atoms. The Morgan fingerprint density at radius 2 is 1.79 bits per heavy atom. The largest absolute Gasteiger partial charge is 0.336 e. The van der Waals surface area contributed by atoms with Crippen LogP contribution in [-0.4, -0.2) is 25.0 Å². The fourth-order valence-electron chi connectivity index (χ4n) is 1.87. The van der Waals surface area contributed by atoms with E-state index in [1.165, 1.54) is 18.2 Å². The van der Waals surface area contributed by atoms with Gasteiger partial charge < -0.3 is 5.32 Å². The van der Waals surface area contributed by atoms with E-state index in [2.05, 4.69) is 15.3 Å². The molecule has 1 N–H and O–H groups in total. The van der Waals surface area contributed by atoms with Gasteiger partial charge in [-0.3, -0.25) is 4.79 Å². The average molecular weight is 409 g/mol. The zero-order valence-electron chi connectivity index (χ0n) is 12.7. The number of benzene rings is 1. The highest BCUT2D eigenvalue weighted by Gasteiger charge is 2.36. The van der Waals surface area contributed by atoms with Crippen molar-refractivity contribution in [2.75, 3.05) is 0 Å². The third-order valence-electron chi connectivity index (χ3n) is 2.86. The molecule has 0 fully saturated rings. The summed E-state index contributed by atoms with van der Waals surface area (Å²) < 4.78 is 11.9. The van der Waals surface area contributed by atoms with Gasteiger partial charge in [-0.15, -0.1) is 0 Å². The first-order chi connectivity index (χ1) is 11.2. The Morgan fingerprint density at radius 3 is 2.33 bits per heavy atom. The highest BCUT2D eigenvalue weighted by atomic mass is 35.6. The number of aryl methyl sites for hydroxylation is 2. The number of carbonyl (C=O) groups excluding carboxylic acids is 1. The van der Waals surface area contributed by atoms with Crippen LogP contribution in [0.4, 0.5) is 4.39 Å². The van der Waals surface area contributed by atoms with Gasteiger partial charge in [-0.05, 0) is 32.0 Å². The van der Waals surface area contributed by atoms with Gasteiger partial charge in [0.25, 0.3) is 5.91 Å². The molecule has 9 heteroatoms. The second-order valence-electron chi connectivity index (χ2n) is 4.93. The molecule has 1 aromatic heterocycles. The maximum absolute atomic E-state index is 13.7. The lowest BCUT2D eigenvalue weighted by molar-refractivity contribution is 0.0946. The summed E-state index contributed by atoms with van der Waals surface area (Å²) in [5.74, 6) is -1.35. The van der Waals surface area contributed by atoms with Crippen LogP contribution in [-0.2, 0) is 0 Å². The van der Waals surface area contributed by atoms with E-state index in [-0.39, 0.29) is 5.56 Å². The third-order valence-corrected chi connectivity index (χ3v) is 5.01. The number of nitrogens with one attached hydrogen (secondary N) is 1. The topological polar surface area (TPSA) is 54.9 Å². The Hall–Kier alpha value is -1.08. The molecule has 24 heavy (non-hydrogen) atoms. The molecule has 0 aliphatic carbocycles. The van der Waals surface area contributed by atoms with E-state index >= 15 is 0 Å². The molecule has 0 aliphatic rings. The first-order valence-electron chi connectivity index (χ1n) is 6.78. The van der Waals surface area contributed by atoms with E-state index in [9.17, 15) is 9.18 Å². The lowest BCUT2D eigenvalue weighted by Crippen LogP contribution is -2.41. The zero-order chi connectivity index (χ0) is 17.9. The second-order valence-corrected chi connectivity index (χ2v) is 8.37. The molecule has 0 radical (unpaired) electrons. The van der Waals surface area contributed by atoms with Gasteiger partial charge in [-0.1, -0.05) is 58.7 Å². The standard InChI is InChI=1S/C15H13Cl3FN3OS/c1-8-7-9(2)21-14(20-8)24-13(15(16,17)18)22-12(23)10-5-3-4-6-11(10)19/h3-7,13H,1-2H3,(H,22,23)/t13-/m1/s1. The van der Waals surface area contributed by atoms with Crippen LogP contribution >= 0.6 is 46.6 Å². The number of nitrogens with zero attached hydrogens (tertiary/aromatic N) is 2. The summed E-state index contributed by atoms with van der Waals surface area (Å²) in [6.45, 7) is 3.61. The number of hydrogen-bond acceptors (Lipinski definition) is 4. The van der Waals surface area contributed by atoms with Crippen LogP contribution in [0, 0.1) is 19.7 Å². The predicted octanol–water partition coefficient (Wildman–Crippen LogP) is 4.45. The molecule has 0 unspecified atom stereocenters. The lowest BCUT2D eigenvalue weighted by atomic mass is 10.2. The summed E-state index contributed by atoms with van der Waals surface area (Å²) in [4.78, 5) is 20.7. The van der Waals surface area contributed by atoms with Crippen LogP contribution < -0.4 is 5.32 Å². The molecule has 1 heterocycles. The number of halogens is 4. The van der Waals surface area contributed by atoms with E-state index in [0.29, 0.717) is 5.16 Å². The van der Waals surface area contributed by atoms with Gasteiger partial charge in [0.2, 0.25) is 3.79 Å². The monoisotopic (exact) mass is 407 g/mol. The van der Waals surface area contributed by atoms with Crippen molar-refractivity contribution in [3.63, 3.8) is 0 Å². The van der Waals surface area contributed by atoms with Gasteiger partial charge in [0.15, 0.2) is 5.16 Å². The van der Waals surface area contributed by atoms with Crippen LogP contribution in [0.3, 0.4) is 0 Å². The van der Waals surface area contributed by atoms with Crippen molar-refractivity contribution in [3.8, 4) is 0 Å². The number of carbonyl (C=O) groups is 1. The van der Waals surface area contributed by atoms with Crippen LogP contribution in [0.1, 0.15) is 21.7 Å². The van der Waals surface area contributed by atoms with E-state index < -0.39 is 20.9 Å². The van der Waals surface area contributed by atoms with Crippen LogP contribution in [0.5, 0.6) is 0 Å². The Labute approximate surface area is 158 Å². The molecular formula is C15H13Cl3FN3OS. The van der Waals surface area contributed by atoms with Crippen LogP contribution in [0.2, 0.25) is 0 Å². The van der Waals surface area contributed by atoms with Crippen molar-refractivity contribution in [1.29, 1.82) is 0 Å². The Bertz CT molecular complexity index is 735. The van der Waals surface area contributed by atoms with Crippen LogP contribution in [0.25, 0.3) is 0 Å². The van der Waals surface area contributed by atoms with Gasteiger partial charge in [0.1, 0.15) is 11.2 Å². The molecule has 128 valence electrons. The molecule has 1 amide bonds. The Balaban J connectivity index is 2.23. The summed E-state index contributed by atoms with van der Waals surface area (Å²) in [5, 5.41) is 1.85. The van der Waals surface area contributed by atoms with Crippen molar-refractivity contribution in [3.05, 3.63) is 53.1 Å². The molecular weight excluding hydrogens is 396 g/mol. The molecule has 0 saturated heterocycles. The molecule has 0 saturated carbocycles. The third kappa shape index (κ3) is 5.21. The first kappa shape index (κ1) is 19.2. The highest BCUT2D eigenvalue weighted by Crippen LogP contribution is 2.38. The van der Waals surface area contributed by atoms with Gasteiger partial charge in [-0.25, -0.2) is 14.4 Å². The number of alkyl halides is 3. The predicted molar refractivity (Wildman–Crippen MR) is 95.3 cm³/mol. The van der Waals surface area contributed by atoms with Gasteiger partial charge in [0.05, 0.1) is 5.56 Å². The molecule has 2 aromatic rings. The summed E-state index contributed by atoms with van der Waals surface area (Å²) >= 11 is 18.8. The molecule has 0 aliphatic heterocycles. The molecule has 1 atom stereocenters. The normalized spacial score (nSPS) is 12.8. The Morgan fingerprint density at radius 1 is 1.21 bits per heavy atom. The summed E-state index contributed by atoms with van der Waals surface area (Å²) in [6, 6.07) is 7.35. The van der Waals surface area contributed by atoms with Crippen LogP contribution in [0.15, 0.2) is 35.5 Å². The first-order valence-corrected chi connectivity index (χ1v) is 8.79. The minimum Gasteiger partial charge on any atom is -0.336 e. The molecule has 0 spiro atoms. The van der Waals surface area contributed by atoms with E-state index in [1.807, 2.05) is 0 Å². The van der Waals surface area contributed by atoms with E-state index in [1.54, 1.807) is 26.0 Å². The van der Waals surface area contributed by atoms with E-state index in [4.69, 9.17) is 34.8 Å². The minimum absolute atomic E-state index is 0.140. The quantitative estimate of drug-likeness (QED) is 0.351. The van der Waals surface area contributed by atoms with E-state index in [0.717, 1.165) is 23.1 Å². The van der Waals surface area contributed by atoms with Crippen molar-refractivity contribution in [2.45, 2.75) is 28.2 Å². The fraction of sp³-hybridized carbons (Fsp3) is 0.267. The lowest BCUT2D eigenvalue weighted by Gasteiger charge is -2.24. The van der Waals surface area contributed by atoms with Crippen molar-refractivity contribution in [2.24, 2.45) is 0 Å². The SMILES string of the molecule is Cc1cc(C)nc(S[C@@H](NC(=O)c2ccccc2F)C(Cl)(Cl)Cl)n1. The number of hydrogen-bond donors (Lipinski definition) is 1. The summed E-state index contributed by atoms with van der Waals surface area (Å²) in [6.07, 6.45) is 0. The number of rotatable bonds is 4. The minimum atomic E-state index is -1.84. The number of thioether (sulfide) groups is 1. The highest BCUT2D eigenvalue weighted by molar-refractivity contribution is 8.00. The smallest absolute Gasteiger partial charge is 0.255 e. The zero-order valence-corrected chi connectivity index (χ0v) is 15.8. The fourth-order valence-corrected chi connectivity index (χ4v) is 3.34. The molecule has 1 aromatic carbocycles. The summed E-state index contributed by atoms with van der Waals surface area (Å²) in [7, 11) is 0. The maximum Gasteiger partial charge on any atom is 0.255 e. The van der Waals surface area contributed by atoms with Crippen molar-refractivity contribution in [1.82, 2.24) is 15.3 Å². The second kappa shape index (κ2) is 7.87. The van der Waals surface area contributed by atoms with Gasteiger partial charge in [0, 0.05) is 11.4 Å². The van der Waals surface area contributed by atoms with Crippen molar-refractivity contribution < 1.29 is 9.18 Å².